The summed E-state index contributed by atoms with van der Waals surface area (Å²) in [4.78, 5) is 25.1. The van der Waals surface area contributed by atoms with Gasteiger partial charge in [0.15, 0.2) is 0 Å². The predicted octanol–water partition coefficient (Wildman–Crippen LogP) is 1.22. The maximum atomic E-state index is 11.4. The summed E-state index contributed by atoms with van der Waals surface area (Å²) in [5, 5.41) is 10.5. The monoisotopic (exact) mass is 227 g/mol. The van der Waals surface area contributed by atoms with Crippen LogP contribution in [0.2, 0.25) is 0 Å². The maximum Gasteiger partial charge on any atom is 0.381 e. The normalized spacial score (nSPS) is 12.2. The van der Waals surface area contributed by atoms with Crippen molar-refractivity contribution in [3.63, 3.8) is 0 Å². The average molecular weight is 227 g/mol. The molecule has 0 spiro atoms. The van der Waals surface area contributed by atoms with Gasteiger partial charge in [-0.05, 0) is 23.8 Å². The van der Waals surface area contributed by atoms with E-state index in [0.29, 0.717) is 5.82 Å². The largest absolute Gasteiger partial charge is 0.464 e. The van der Waals surface area contributed by atoms with E-state index in [2.05, 4.69) is 4.98 Å². The highest BCUT2D eigenvalue weighted by molar-refractivity contribution is 5.73. The summed E-state index contributed by atoms with van der Waals surface area (Å²) in [5.74, 6) is -0.293. The number of hydrogen-bond acceptors (Lipinski definition) is 5. The molecule has 0 aromatic carbocycles. The molecule has 0 N–H and O–H groups in total. The Morgan fingerprint density at radius 3 is 2.81 bits per heavy atom. The minimum absolute atomic E-state index is 0.270. The Hall–Kier alpha value is -1.92. The van der Waals surface area contributed by atoms with Crippen molar-refractivity contribution in [3.8, 4) is 0 Å². The number of nitrogens with zero attached hydrogens (tertiary/aromatic N) is 3. The first-order valence-corrected chi connectivity index (χ1v) is 4.83. The van der Waals surface area contributed by atoms with Crippen molar-refractivity contribution in [3.05, 3.63) is 22.1 Å². The van der Waals surface area contributed by atoms with Crippen LogP contribution >= 0.6 is 0 Å². The molecule has 1 atom stereocenters. The molecule has 1 rings (SSSR count). The van der Waals surface area contributed by atoms with E-state index >= 15 is 0 Å². The van der Waals surface area contributed by atoms with Gasteiger partial charge in [-0.1, -0.05) is 0 Å². The standard InChI is InChI=1S/C9H13N3O4/c1-4-16-9(13)6(2)11-5-8(12(14)15)10-7(11)3/h5-6H,4H2,1-3H3/t6-/m1/s1. The Balaban J connectivity index is 2.95. The van der Waals surface area contributed by atoms with Gasteiger partial charge in [0.05, 0.1) is 6.61 Å². The Kier molecular flexibility index (Phi) is 3.60. The molecule has 0 unspecified atom stereocenters. The Morgan fingerprint density at radius 2 is 2.38 bits per heavy atom. The first kappa shape index (κ1) is 12.2. The third kappa shape index (κ3) is 2.36. The molecule has 0 aliphatic rings. The zero-order valence-electron chi connectivity index (χ0n) is 9.34. The van der Waals surface area contributed by atoms with Gasteiger partial charge in [0, 0.05) is 6.92 Å². The molecule has 16 heavy (non-hydrogen) atoms. The number of carbonyl (C=O) groups is 1. The number of ether oxygens (including phenoxy) is 1. The zero-order valence-corrected chi connectivity index (χ0v) is 9.34. The molecule has 0 fully saturated rings. The van der Waals surface area contributed by atoms with Crippen LogP contribution in [0.25, 0.3) is 0 Å². The van der Waals surface area contributed by atoms with Crippen LogP contribution in [-0.4, -0.2) is 27.1 Å². The third-order valence-electron chi connectivity index (χ3n) is 2.14. The lowest BCUT2D eigenvalue weighted by Gasteiger charge is -2.11. The number of esters is 1. The van der Waals surface area contributed by atoms with E-state index in [9.17, 15) is 14.9 Å². The average Bonchev–Trinajstić information content (AvgIpc) is 2.60. The van der Waals surface area contributed by atoms with E-state index in [1.54, 1.807) is 20.8 Å². The molecule has 7 nitrogen and oxygen atoms in total. The van der Waals surface area contributed by atoms with Gasteiger partial charge in [0.1, 0.15) is 12.2 Å². The molecular weight excluding hydrogens is 214 g/mol. The van der Waals surface area contributed by atoms with Crippen LogP contribution in [0.3, 0.4) is 0 Å². The summed E-state index contributed by atoms with van der Waals surface area (Å²) in [6, 6.07) is -0.610. The van der Waals surface area contributed by atoms with Gasteiger partial charge in [-0.3, -0.25) is 4.57 Å². The fraction of sp³-hybridized carbons (Fsp3) is 0.556. The summed E-state index contributed by atoms with van der Waals surface area (Å²) in [6.07, 6.45) is 1.23. The second kappa shape index (κ2) is 4.73. The molecule has 1 aromatic rings. The minimum atomic E-state index is -0.610. The molecule has 0 bridgehead atoms. The van der Waals surface area contributed by atoms with E-state index in [1.807, 2.05) is 0 Å². The summed E-state index contributed by atoms with van der Waals surface area (Å²) in [7, 11) is 0. The highest BCUT2D eigenvalue weighted by atomic mass is 16.6. The first-order chi connectivity index (χ1) is 7.47. The van der Waals surface area contributed by atoms with E-state index in [4.69, 9.17) is 4.74 Å². The lowest BCUT2D eigenvalue weighted by molar-refractivity contribution is -0.389. The molecule has 0 saturated carbocycles. The fourth-order valence-corrected chi connectivity index (χ4v) is 1.33. The highest BCUT2D eigenvalue weighted by Gasteiger charge is 2.23. The van der Waals surface area contributed by atoms with E-state index in [-0.39, 0.29) is 12.4 Å². The van der Waals surface area contributed by atoms with E-state index < -0.39 is 16.9 Å². The number of carbonyl (C=O) groups excluding carboxylic acids is 1. The zero-order chi connectivity index (χ0) is 12.3. The number of aryl methyl sites for hydroxylation is 1. The number of aromatic nitrogens is 2. The van der Waals surface area contributed by atoms with Gasteiger partial charge in [-0.2, -0.15) is 0 Å². The Bertz CT molecular complexity index is 413. The lowest BCUT2D eigenvalue weighted by Crippen LogP contribution is -2.19. The van der Waals surface area contributed by atoms with Crippen molar-refractivity contribution >= 4 is 11.8 Å². The molecule has 88 valence electrons. The SMILES string of the molecule is CCOC(=O)[C@@H](C)n1cc([N+](=O)[O-])nc1C. The van der Waals surface area contributed by atoms with Crippen molar-refractivity contribution in [2.24, 2.45) is 0 Å². The van der Waals surface area contributed by atoms with Gasteiger partial charge < -0.3 is 14.9 Å². The van der Waals surface area contributed by atoms with Gasteiger partial charge in [-0.25, -0.2) is 4.79 Å². The van der Waals surface area contributed by atoms with Crippen LogP contribution in [0.5, 0.6) is 0 Å². The van der Waals surface area contributed by atoms with Gasteiger partial charge in [-0.15, -0.1) is 0 Å². The number of hydrogen-bond donors (Lipinski definition) is 0. The number of imidazole rings is 1. The van der Waals surface area contributed by atoms with Crippen LogP contribution in [-0.2, 0) is 9.53 Å². The number of rotatable bonds is 4. The van der Waals surface area contributed by atoms with Crippen LogP contribution < -0.4 is 0 Å². The molecule has 7 heteroatoms. The van der Waals surface area contributed by atoms with Crippen molar-refractivity contribution in [1.82, 2.24) is 9.55 Å². The van der Waals surface area contributed by atoms with Crippen LogP contribution in [0.4, 0.5) is 5.82 Å². The fourth-order valence-electron chi connectivity index (χ4n) is 1.33. The molecule has 0 amide bonds. The van der Waals surface area contributed by atoms with Gasteiger partial charge in [0.2, 0.25) is 5.82 Å². The first-order valence-electron chi connectivity index (χ1n) is 4.83. The van der Waals surface area contributed by atoms with Crippen molar-refractivity contribution in [2.45, 2.75) is 26.8 Å². The van der Waals surface area contributed by atoms with Gasteiger partial charge in [0.25, 0.3) is 0 Å². The highest BCUT2D eigenvalue weighted by Crippen LogP contribution is 2.17. The van der Waals surface area contributed by atoms with Crippen LogP contribution in [0, 0.1) is 17.0 Å². The second-order valence-electron chi connectivity index (χ2n) is 3.24. The van der Waals surface area contributed by atoms with Crippen molar-refractivity contribution < 1.29 is 14.5 Å². The predicted molar refractivity (Wildman–Crippen MR) is 55.0 cm³/mol. The molecule has 0 aliphatic heterocycles. The summed E-state index contributed by atoms with van der Waals surface area (Å²) >= 11 is 0. The molecule has 0 radical (unpaired) electrons. The molecule has 1 heterocycles. The van der Waals surface area contributed by atoms with Crippen molar-refractivity contribution in [2.75, 3.05) is 6.61 Å². The van der Waals surface area contributed by atoms with E-state index in [0.717, 1.165) is 0 Å². The van der Waals surface area contributed by atoms with Crippen LogP contribution in [0.1, 0.15) is 25.7 Å². The topological polar surface area (TPSA) is 87.3 Å². The molecule has 0 aliphatic carbocycles. The second-order valence-corrected chi connectivity index (χ2v) is 3.24. The maximum absolute atomic E-state index is 11.4. The van der Waals surface area contributed by atoms with Gasteiger partial charge >= 0.3 is 11.8 Å². The molecule has 0 saturated heterocycles. The quantitative estimate of drug-likeness (QED) is 0.438. The molecular formula is C9H13N3O4. The molecule has 1 aromatic heterocycles. The van der Waals surface area contributed by atoms with Crippen molar-refractivity contribution in [1.29, 1.82) is 0 Å². The van der Waals surface area contributed by atoms with E-state index in [1.165, 1.54) is 10.8 Å². The third-order valence-corrected chi connectivity index (χ3v) is 2.14. The summed E-state index contributed by atoms with van der Waals surface area (Å²) in [5.41, 5.74) is 0. The lowest BCUT2D eigenvalue weighted by atomic mass is 10.3. The Labute approximate surface area is 92.2 Å². The summed E-state index contributed by atoms with van der Waals surface area (Å²) in [6.45, 7) is 5.19. The van der Waals surface area contributed by atoms with Crippen LogP contribution in [0.15, 0.2) is 6.20 Å². The minimum Gasteiger partial charge on any atom is -0.464 e. The smallest absolute Gasteiger partial charge is 0.381 e. The Morgan fingerprint density at radius 1 is 1.75 bits per heavy atom. The summed E-state index contributed by atoms with van der Waals surface area (Å²) < 4.78 is 6.25. The number of nitro groups is 1.